The van der Waals surface area contributed by atoms with Gasteiger partial charge in [-0.15, -0.1) is 0 Å². The minimum Gasteiger partial charge on any atom is -0.387 e. The van der Waals surface area contributed by atoms with E-state index in [9.17, 15) is 5.26 Å². The average Bonchev–Trinajstić information content (AvgIpc) is 2.67. The predicted octanol–water partition coefficient (Wildman–Crippen LogP) is 2.96. The van der Waals surface area contributed by atoms with E-state index >= 15 is 0 Å². The topological polar surface area (TPSA) is 64.5 Å². The predicted molar refractivity (Wildman–Crippen MR) is 75.1 cm³/mol. The van der Waals surface area contributed by atoms with Crippen molar-refractivity contribution in [3.8, 4) is 6.07 Å². The lowest BCUT2D eigenvalue weighted by atomic mass is 10.1. The van der Waals surface area contributed by atoms with Crippen molar-refractivity contribution in [2.24, 2.45) is 0 Å². The van der Waals surface area contributed by atoms with Gasteiger partial charge in [0.05, 0.1) is 11.0 Å². The minimum atomic E-state index is 0.651. The first-order valence-electron chi connectivity index (χ1n) is 6.71. The minimum absolute atomic E-state index is 0.651. The molecule has 1 fully saturated rings. The van der Waals surface area contributed by atoms with Crippen molar-refractivity contribution in [3.05, 3.63) is 35.8 Å². The molecular formula is C15H16N4. The van der Waals surface area contributed by atoms with Gasteiger partial charge in [-0.25, -0.2) is 4.98 Å². The Balaban J connectivity index is 2.06. The standard InChI is InChI=1S/C15H16N4/c16-10-11(12-6-2-1-5-9-17-12)15-18-13-7-3-4-8-14(13)19-15/h3-4,7-8,17H,1-2,5-6,9H2,(H,18,19)/b12-11-. The van der Waals surface area contributed by atoms with Crippen LogP contribution in [-0.4, -0.2) is 16.5 Å². The zero-order valence-corrected chi connectivity index (χ0v) is 10.7. The van der Waals surface area contributed by atoms with E-state index < -0.39 is 0 Å². The van der Waals surface area contributed by atoms with Gasteiger partial charge in [0.2, 0.25) is 0 Å². The van der Waals surface area contributed by atoms with Crippen LogP contribution in [0.1, 0.15) is 31.5 Å². The fourth-order valence-electron chi connectivity index (χ4n) is 2.48. The number of aromatic nitrogens is 2. The molecule has 19 heavy (non-hydrogen) atoms. The van der Waals surface area contributed by atoms with Crippen LogP contribution in [0.3, 0.4) is 0 Å². The van der Waals surface area contributed by atoms with Crippen molar-refractivity contribution in [2.75, 3.05) is 6.54 Å². The molecule has 0 atom stereocenters. The Labute approximate surface area is 112 Å². The molecule has 1 aliphatic heterocycles. The molecule has 4 nitrogen and oxygen atoms in total. The van der Waals surface area contributed by atoms with E-state index in [1.807, 2.05) is 24.3 Å². The number of nitriles is 1. The smallest absolute Gasteiger partial charge is 0.150 e. The number of rotatable bonds is 1. The average molecular weight is 252 g/mol. The number of allylic oxidation sites excluding steroid dienone is 2. The third-order valence-electron chi connectivity index (χ3n) is 3.48. The Kier molecular flexibility index (Phi) is 3.20. The van der Waals surface area contributed by atoms with Crippen molar-refractivity contribution < 1.29 is 0 Å². The molecule has 2 N–H and O–H groups in total. The molecule has 1 aromatic heterocycles. The SMILES string of the molecule is N#C/C(=C1\CCCCCN1)c1nc2ccccc2[nH]1. The lowest BCUT2D eigenvalue weighted by molar-refractivity contribution is 0.721. The van der Waals surface area contributed by atoms with Crippen LogP contribution in [0.25, 0.3) is 16.6 Å². The van der Waals surface area contributed by atoms with Gasteiger partial charge in [0, 0.05) is 12.2 Å². The first-order valence-corrected chi connectivity index (χ1v) is 6.71. The summed E-state index contributed by atoms with van der Waals surface area (Å²) < 4.78 is 0. The third-order valence-corrected chi connectivity index (χ3v) is 3.48. The fourth-order valence-corrected chi connectivity index (χ4v) is 2.48. The van der Waals surface area contributed by atoms with E-state index in [2.05, 4.69) is 21.4 Å². The highest BCUT2D eigenvalue weighted by Gasteiger charge is 2.14. The molecule has 0 amide bonds. The van der Waals surface area contributed by atoms with Crippen LogP contribution < -0.4 is 5.32 Å². The largest absolute Gasteiger partial charge is 0.387 e. The zero-order chi connectivity index (χ0) is 13.1. The number of imidazole rings is 1. The van der Waals surface area contributed by atoms with E-state index in [1.165, 1.54) is 12.8 Å². The van der Waals surface area contributed by atoms with Crippen molar-refractivity contribution >= 4 is 16.6 Å². The molecule has 0 spiro atoms. The van der Waals surface area contributed by atoms with Crippen molar-refractivity contribution in [3.63, 3.8) is 0 Å². The van der Waals surface area contributed by atoms with Gasteiger partial charge in [0.1, 0.15) is 11.6 Å². The van der Waals surface area contributed by atoms with Crippen LogP contribution in [0.4, 0.5) is 0 Å². The Morgan fingerprint density at radius 2 is 2.11 bits per heavy atom. The van der Waals surface area contributed by atoms with Crippen molar-refractivity contribution in [1.29, 1.82) is 5.26 Å². The molecule has 0 bridgehead atoms. The number of hydrogen-bond donors (Lipinski definition) is 2. The van der Waals surface area contributed by atoms with Crippen molar-refractivity contribution in [2.45, 2.75) is 25.7 Å². The second-order valence-electron chi connectivity index (χ2n) is 4.81. The highest BCUT2D eigenvalue weighted by atomic mass is 14.9. The summed E-state index contributed by atoms with van der Waals surface area (Å²) in [5.41, 5.74) is 3.55. The van der Waals surface area contributed by atoms with E-state index in [0.29, 0.717) is 11.4 Å². The molecule has 0 aliphatic carbocycles. The monoisotopic (exact) mass is 252 g/mol. The Bertz CT molecular complexity index is 617. The van der Waals surface area contributed by atoms with Gasteiger partial charge in [-0.2, -0.15) is 5.26 Å². The van der Waals surface area contributed by atoms with Crippen LogP contribution in [0.2, 0.25) is 0 Å². The maximum absolute atomic E-state index is 9.44. The maximum Gasteiger partial charge on any atom is 0.150 e. The first-order chi connectivity index (χ1) is 9.38. The number of fused-ring (bicyclic) bond motifs is 1. The molecule has 0 unspecified atom stereocenters. The summed E-state index contributed by atoms with van der Waals surface area (Å²) in [6, 6.07) is 10.2. The summed E-state index contributed by atoms with van der Waals surface area (Å²) in [6.45, 7) is 0.945. The molecular weight excluding hydrogens is 236 g/mol. The summed E-state index contributed by atoms with van der Waals surface area (Å²) in [5, 5.41) is 12.8. The molecule has 0 saturated carbocycles. The van der Waals surface area contributed by atoms with Gasteiger partial charge in [-0.1, -0.05) is 18.6 Å². The lowest BCUT2D eigenvalue weighted by Gasteiger charge is -2.07. The summed E-state index contributed by atoms with van der Waals surface area (Å²) in [4.78, 5) is 7.75. The van der Waals surface area contributed by atoms with Crippen LogP contribution in [0.5, 0.6) is 0 Å². The first kappa shape index (κ1) is 11.8. The molecule has 0 radical (unpaired) electrons. The lowest BCUT2D eigenvalue weighted by Crippen LogP contribution is -2.14. The molecule has 1 aromatic carbocycles. The second-order valence-corrected chi connectivity index (χ2v) is 4.81. The van der Waals surface area contributed by atoms with Gasteiger partial charge in [0.15, 0.2) is 5.82 Å². The molecule has 96 valence electrons. The normalized spacial score (nSPS) is 18.5. The van der Waals surface area contributed by atoms with E-state index in [1.54, 1.807) is 0 Å². The third kappa shape index (κ3) is 2.32. The summed E-state index contributed by atoms with van der Waals surface area (Å²) in [7, 11) is 0. The number of nitrogens with one attached hydrogen (secondary N) is 2. The van der Waals surface area contributed by atoms with Gasteiger partial charge >= 0.3 is 0 Å². The second kappa shape index (κ2) is 5.15. The Morgan fingerprint density at radius 1 is 1.21 bits per heavy atom. The molecule has 2 aromatic rings. The van der Waals surface area contributed by atoms with Crippen LogP contribution in [0.15, 0.2) is 30.0 Å². The molecule has 2 heterocycles. The molecule has 1 saturated heterocycles. The number of para-hydroxylation sites is 2. The Morgan fingerprint density at radius 3 is 2.95 bits per heavy atom. The summed E-state index contributed by atoms with van der Waals surface area (Å²) in [6.07, 6.45) is 4.45. The van der Waals surface area contributed by atoms with E-state index in [0.717, 1.165) is 36.1 Å². The van der Waals surface area contributed by atoms with E-state index in [4.69, 9.17) is 0 Å². The van der Waals surface area contributed by atoms with E-state index in [-0.39, 0.29) is 0 Å². The van der Waals surface area contributed by atoms with Crippen LogP contribution in [0, 0.1) is 11.3 Å². The number of aromatic amines is 1. The number of H-pyrrole nitrogens is 1. The summed E-state index contributed by atoms with van der Waals surface area (Å²) in [5.74, 6) is 0.674. The number of benzene rings is 1. The maximum atomic E-state index is 9.44. The van der Waals surface area contributed by atoms with Gasteiger partial charge in [0.25, 0.3) is 0 Å². The molecule has 3 rings (SSSR count). The Hall–Kier alpha value is -2.28. The number of nitrogens with zero attached hydrogens (tertiary/aromatic N) is 2. The highest BCUT2D eigenvalue weighted by Crippen LogP contribution is 2.22. The van der Waals surface area contributed by atoms with Gasteiger partial charge in [-0.3, -0.25) is 0 Å². The fraction of sp³-hybridized carbons (Fsp3) is 0.333. The van der Waals surface area contributed by atoms with Gasteiger partial charge < -0.3 is 10.3 Å². The summed E-state index contributed by atoms with van der Waals surface area (Å²) >= 11 is 0. The van der Waals surface area contributed by atoms with Crippen molar-refractivity contribution in [1.82, 2.24) is 15.3 Å². The zero-order valence-electron chi connectivity index (χ0n) is 10.7. The van der Waals surface area contributed by atoms with Gasteiger partial charge in [-0.05, 0) is 31.4 Å². The van der Waals surface area contributed by atoms with Crippen LogP contribution in [-0.2, 0) is 0 Å². The molecule has 4 heteroatoms. The van der Waals surface area contributed by atoms with Crippen LogP contribution >= 0.6 is 0 Å². The quantitative estimate of drug-likeness (QED) is 0.767. The molecule has 1 aliphatic rings. The highest BCUT2D eigenvalue weighted by molar-refractivity contribution is 5.83. The number of hydrogen-bond acceptors (Lipinski definition) is 3.